The molecule has 6 nitrogen and oxygen atoms in total. The van der Waals surface area contributed by atoms with Gasteiger partial charge >= 0.3 is 0 Å². The number of aromatic nitrogens is 4. The molecule has 0 radical (unpaired) electrons. The molecular weight excluding hydrogens is 326 g/mol. The Hall–Kier alpha value is -1.40. The van der Waals surface area contributed by atoms with Crippen LogP contribution in [0, 0.1) is 6.92 Å². The molecule has 7 heteroatoms. The molecule has 24 heavy (non-hydrogen) atoms. The van der Waals surface area contributed by atoms with Crippen LogP contribution in [0.25, 0.3) is 11.0 Å². The van der Waals surface area contributed by atoms with E-state index in [1.54, 1.807) is 0 Å². The molecular formula is C17H26ClN5O. The Bertz CT molecular complexity index is 756. The number of nitrogens with one attached hydrogen (secondary N) is 2. The zero-order chi connectivity index (χ0) is 15.8. The number of nitrogens with zero attached hydrogens (tertiary/aromatic N) is 3. The highest BCUT2D eigenvalue weighted by Gasteiger charge is 2.28. The summed E-state index contributed by atoms with van der Waals surface area (Å²) in [5.41, 5.74) is 1.52. The summed E-state index contributed by atoms with van der Waals surface area (Å²) in [6, 6.07) is 0.305. The van der Waals surface area contributed by atoms with E-state index < -0.39 is 0 Å². The van der Waals surface area contributed by atoms with Crippen LogP contribution < -0.4 is 10.9 Å². The molecule has 1 unspecified atom stereocenters. The van der Waals surface area contributed by atoms with Crippen LogP contribution in [0.3, 0.4) is 0 Å². The highest BCUT2D eigenvalue weighted by molar-refractivity contribution is 5.85. The van der Waals surface area contributed by atoms with E-state index in [1.807, 2.05) is 11.5 Å². The van der Waals surface area contributed by atoms with Gasteiger partial charge in [-0.15, -0.1) is 12.4 Å². The number of fused-ring (bicyclic) bond motifs is 1. The molecule has 2 N–H and O–H groups in total. The quantitative estimate of drug-likeness (QED) is 0.872. The minimum absolute atomic E-state index is 0. The molecule has 0 aromatic carbocycles. The minimum atomic E-state index is 0. The van der Waals surface area contributed by atoms with Crippen LogP contribution in [0.15, 0.2) is 4.79 Å². The van der Waals surface area contributed by atoms with Crippen molar-refractivity contribution in [3.05, 3.63) is 21.9 Å². The van der Waals surface area contributed by atoms with Gasteiger partial charge in [0.25, 0.3) is 5.56 Å². The second kappa shape index (κ2) is 7.23. The number of H-pyrrole nitrogens is 1. The average molecular weight is 352 g/mol. The first-order valence-electron chi connectivity index (χ1n) is 8.93. The maximum absolute atomic E-state index is 13.2. The van der Waals surface area contributed by atoms with E-state index in [1.165, 1.54) is 19.3 Å². The van der Waals surface area contributed by atoms with Crippen LogP contribution in [0.2, 0.25) is 0 Å². The van der Waals surface area contributed by atoms with Gasteiger partial charge in [0.1, 0.15) is 11.2 Å². The van der Waals surface area contributed by atoms with E-state index in [-0.39, 0.29) is 18.0 Å². The van der Waals surface area contributed by atoms with Gasteiger partial charge in [-0.05, 0) is 39.2 Å². The number of piperidine rings is 1. The van der Waals surface area contributed by atoms with Crippen LogP contribution in [-0.4, -0.2) is 32.8 Å². The summed E-state index contributed by atoms with van der Waals surface area (Å²) < 4.78 is 2.03. The second-order valence-corrected chi connectivity index (χ2v) is 7.03. The normalized spacial score (nSPS) is 22.5. The maximum Gasteiger partial charge on any atom is 0.265 e. The lowest BCUT2D eigenvalue weighted by molar-refractivity contribution is 0.321. The Morgan fingerprint density at radius 3 is 2.62 bits per heavy atom. The molecule has 2 fully saturated rings. The third-order valence-corrected chi connectivity index (χ3v) is 5.43. The Labute approximate surface area is 147 Å². The Kier molecular flexibility index (Phi) is 5.25. The van der Waals surface area contributed by atoms with Crippen molar-refractivity contribution in [3.63, 3.8) is 0 Å². The van der Waals surface area contributed by atoms with E-state index in [9.17, 15) is 4.79 Å². The summed E-state index contributed by atoms with van der Waals surface area (Å²) in [5.74, 6) is 1.27. The lowest BCUT2D eigenvalue weighted by atomic mass is 9.93. The topological polar surface area (TPSA) is 75.6 Å². The van der Waals surface area contributed by atoms with Crippen LogP contribution in [0.1, 0.15) is 68.4 Å². The van der Waals surface area contributed by atoms with Gasteiger partial charge in [-0.1, -0.05) is 19.3 Å². The summed E-state index contributed by atoms with van der Waals surface area (Å²) in [6.07, 6.45) is 8.13. The second-order valence-electron chi connectivity index (χ2n) is 7.03. The minimum Gasteiger partial charge on any atom is -0.316 e. The number of hydrogen-bond acceptors (Lipinski definition) is 4. The molecule has 1 atom stereocenters. The van der Waals surface area contributed by atoms with Crippen molar-refractivity contribution in [3.8, 4) is 0 Å². The highest BCUT2D eigenvalue weighted by Crippen LogP contribution is 2.31. The molecule has 0 bridgehead atoms. The van der Waals surface area contributed by atoms with E-state index >= 15 is 0 Å². The summed E-state index contributed by atoms with van der Waals surface area (Å²) in [4.78, 5) is 18.1. The van der Waals surface area contributed by atoms with Crippen molar-refractivity contribution >= 4 is 23.4 Å². The Morgan fingerprint density at radius 1 is 1.12 bits per heavy atom. The first-order chi connectivity index (χ1) is 11.3. The van der Waals surface area contributed by atoms with Crippen LogP contribution in [0.5, 0.6) is 0 Å². The molecule has 0 spiro atoms. The number of aryl methyl sites for hydroxylation is 1. The standard InChI is InChI=1S/C17H25N5O.ClH/c1-11-14-15(21-20-11)19-16(12-6-5-9-18-10-12)22(17(14)23)13-7-3-2-4-8-13;/h12-13,18H,2-10H2,1H3,(H,20,21);1H. The molecule has 0 amide bonds. The predicted octanol–water partition coefficient (Wildman–Crippen LogP) is 2.82. The van der Waals surface area contributed by atoms with Crippen LogP contribution >= 0.6 is 12.4 Å². The smallest absolute Gasteiger partial charge is 0.265 e. The van der Waals surface area contributed by atoms with Crippen LogP contribution in [-0.2, 0) is 0 Å². The van der Waals surface area contributed by atoms with Crippen molar-refractivity contribution < 1.29 is 0 Å². The van der Waals surface area contributed by atoms with Gasteiger partial charge in [0.05, 0.1) is 0 Å². The van der Waals surface area contributed by atoms with Crippen molar-refractivity contribution in [2.24, 2.45) is 0 Å². The molecule has 1 aliphatic heterocycles. The predicted molar refractivity (Wildman–Crippen MR) is 97.1 cm³/mol. The molecule has 1 saturated heterocycles. The number of rotatable bonds is 2. The zero-order valence-electron chi connectivity index (χ0n) is 14.2. The first kappa shape index (κ1) is 17.4. The molecule has 132 valence electrons. The Balaban J connectivity index is 0.00000169. The molecule has 4 rings (SSSR count). The summed E-state index contributed by atoms with van der Waals surface area (Å²) in [6.45, 7) is 3.88. The van der Waals surface area contributed by atoms with Gasteiger partial charge in [0, 0.05) is 24.2 Å². The Morgan fingerprint density at radius 2 is 1.92 bits per heavy atom. The van der Waals surface area contributed by atoms with E-state index in [0.717, 1.165) is 50.3 Å². The van der Waals surface area contributed by atoms with Crippen molar-refractivity contribution in [2.45, 2.75) is 63.8 Å². The fraction of sp³-hybridized carbons (Fsp3) is 0.706. The molecule has 1 saturated carbocycles. The zero-order valence-corrected chi connectivity index (χ0v) is 15.0. The van der Waals surface area contributed by atoms with E-state index in [2.05, 4.69) is 15.5 Å². The summed E-state index contributed by atoms with van der Waals surface area (Å²) >= 11 is 0. The van der Waals surface area contributed by atoms with Crippen LogP contribution in [0.4, 0.5) is 0 Å². The van der Waals surface area contributed by atoms with Gasteiger partial charge in [0.2, 0.25) is 0 Å². The highest BCUT2D eigenvalue weighted by atomic mass is 35.5. The first-order valence-corrected chi connectivity index (χ1v) is 8.93. The number of aromatic amines is 1. The molecule has 2 aliphatic rings. The molecule has 2 aromatic heterocycles. The molecule has 2 aromatic rings. The SMILES string of the molecule is Cc1[nH]nc2nc(C3CCCNC3)n(C3CCCCC3)c(=O)c12.Cl. The van der Waals surface area contributed by atoms with E-state index in [4.69, 9.17) is 4.98 Å². The lowest BCUT2D eigenvalue weighted by Crippen LogP contribution is -2.36. The summed E-state index contributed by atoms with van der Waals surface area (Å²) in [5, 5.41) is 11.3. The third-order valence-electron chi connectivity index (χ3n) is 5.43. The van der Waals surface area contributed by atoms with Gasteiger partial charge < -0.3 is 5.32 Å². The number of hydrogen-bond donors (Lipinski definition) is 2. The number of halogens is 1. The fourth-order valence-electron chi connectivity index (χ4n) is 4.19. The summed E-state index contributed by atoms with van der Waals surface area (Å²) in [7, 11) is 0. The van der Waals surface area contributed by atoms with Gasteiger partial charge in [-0.2, -0.15) is 5.10 Å². The van der Waals surface area contributed by atoms with E-state index in [0.29, 0.717) is 23.0 Å². The van der Waals surface area contributed by atoms with Crippen molar-refractivity contribution in [1.82, 2.24) is 25.1 Å². The van der Waals surface area contributed by atoms with Gasteiger partial charge in [-0.3, -0.25) is 14.5 Å². The molecule has 1 aliphatic carbocycles. The van der Waals surface area contributed by atoms with Crippen molar-refractivity contribution in [2.75, 3.05) is 13.1 Å². The van der Waals surface area contributed by atoms with Gasteiger partial charge in [0.15, 0.2) is 5.65 Å². The third kappa shape index (κ3) is 2.97. The van der Waals surface area contributed by atoms with Crippen molar-refractivity contribution in [1.29, 1.82) is 0 Å². The maximum atomic E-state index is 13.2. The monoisotopic (exact) mass is 351 g/mol. The largest absolute Gasteiger partial charge is 0.316 e. The fourth-order valence-corrected chi connectivity index (χ4v) is 4.19. The molecule has 3 heterocycles. The average Bonchev–Trinajstić information content (AvgIpc) is 2.97. The van der Waals surface area contributed by atoms with Gasteiger partial charge in [-0.25, -0.2) is 4.98 Å². The lowest BCUT2D eigenvalue weighted by Gasteiger charge is -2.30.